The van der Waals surface area contributed by atoms with Crippen molar-refractivity contribution in [2.24, 2.45) is 5.73 Å². The zero-order valence-electron chi connectivity index (χ0n) is 17.7. The Hall–Kier alpha value is -3.31. The molecule has 0 aromatic heterocycles. The second kappa shape index (κ2) is 10.3. The first-order chi connectivity index (χ1) is 15.9. The predicted octanol–water partition coefficient (Wildman–Crippen LogP) is 2.52. The van der Waals surface area contributed by atoms with E-state index in [-0.39, 0.29) is 35.3 Å². The zero-order chi connectivity index (χ0) is 25.0. The summed E-state index contributed by atoms with van der Waals surface area (Å²) in [5.41, 5.74) is 6.67. The fourth-order valence-electron chi connectivity index (χ4n) is 3.32. The van der Waals surface area contributed by atoms with E-state index in [1.807, 2.05) is 0 Å². The number of hydrogen-bond acceptors (Lipinski definition) is 5. The molecule has 12 heteroatoms. The molecule has 2 amide bonds. The number of nitrogens with zero attached hydrogens (tertiary/aromatic N) is 1. The number of carbonyl (C=O) groups excluding carboxylic acids is 2. The van der Waals surface area contributed by atoms with Gasteiger partial charge in [0.1, 0.15) is 17.6 Å². The molecule has 3 rings (SSSR count). The van der Waals surface area contributed by atoms with E-state index in [0.717, 1.165) is 17.7 Å². The second-order valence-corrected chi connectivity index (χ2v) is 8.13. The monoisotopic (exact) mass is 498 g/mol. The first-order valence-electron chi connectivity index (χ1n) is 10.1. The van der Waals surface area contributed by atoms with Gasteiger partial charge in [0.25, 0.3) is 5.91 Å². The minimum absolute atomic E-state index is 0.0183. The maximum Gasteiger partial charge on any atom is 0.422 e. The number of carbonyl (C=O) groups is 2. The molecule has 2 atom stereocenters. The molecule has 0 aliphatic carbocycles. The molecule has 8 nitrogen and oxygen atoms in total. The molecular weight excluding hydrogens is 477 g/mol. The normalized spacial score (nSPS) is 16.4. The molecule has 2 unspecified atom stereocenters. The van der Waals surface area contributed by atoms with E-state index in [4.69, 9.17) is 22.7 Å². The number of ether oxygens (including phenoxy) is 1. The molecule has 34 heavy (non-hydrogen) atoms. The number of likely N-dealkylation sites (tertiary alicyclic amines) is 1. The van der Waals surface area contributed by atoms with Gasteiger partial charge in [-0.25, -0.2) is 0 Å². The van der Waals surface area contributed by atoms with Crippen LogP contribution in [0, 0.1) is 5.41 Å². The molecule has 1 heterocycles. The predicted molar refractivity (Wildman–Crippen MR) is 117 cm³/mol. The Kier molecular flexibility index (Phi) is 7.68. The quantitative estimate of drug-likeness (QED) is 0.328. The maximum atomic E-state index is 12.8. The Balaban J connectivity index is 1.60. The fourth-order valence-corrected chi connectivity index (χ4v) is 3.56. The van der Waals surface area contributed by atoms with Crippen molar-refractivity contribution in [2.45, 2.75) is 31.3 Å². The highest BCUT2D eigenvalue weighted by Gasteiger charge is 2.40. The van der Waals surface area contributed by atoms with Crippen LogP contribution in [0.1, 0.15) is 29.2 Å². The van der Waals surface area contributed by atoms with E-state index in [0.29, 0.717) is 12.0 Å². The zero-order valence-corrected chi connectivity index (χ0v) is 18.5. The van der Waals surface area contributed by atoms with Crippen LogP contribution in [0.3, 0.4) is 0 Å². The third-order valence-corrected chi connectivity index (χ3v) is 5.40. The van der Waals surface area contributed by atoms with Gasteiger partial charge in [-0.15, -0.1) is 0 Å². The van der Waals surface area contributed by atoms with Crippen LogP contribution in [0.2, 0.25) is 5.02 Å². The topological polar surface area (TPSA) is 129 Å². The van der Waals surface area contributed by atoms with Crippen LogP contribution in [0.4, 0.5) is 13.2 Å². The first kappa shape index (κ1) is 25.3. The SMILES string of the molecule is N=C(N)c1ccc(CNC(=O)C2CCN2C(=O)C(O)c2cc(Cl)cc(OCC(F)(F)F)c2)cc1. The van der Waals surface area contributed by atoms with Gasteiger partial charge >= 0.3 is 6.18 Å². The van der Waals surface area contributed by atoms with Gasteiger partial charge in [-0.3, -0.25) is 15.0 Å². The maximum absolute atomic E-state index is 12.8. The van der Waals surface area contributed by atoms with Crippen molar-refractivity contribution in [3.05, 3.63) is 64.2 Å². The van der Waals surface area contributed by atoms with Crippen molar-refractivity contribution >= 4 is 29.3 Å². The lowest BCUT2D eigenvalue weighted by Crippen LogP contribution is -2.59. The van der Waals surface area contributed by atoms with E-state index in [9.17, 15) is 27.9 Å². The number of amides is 2. The van der Waals surface area contributed by atoms with Crippen molar-refractivity contribution < 1.29 is 32.6 Å². The molecular formula is C22H22ClF3N4O4. The minimum Gasteiger partial charge on any atom is -0.484 e. The van der Waals surface area contributed by atoms with Crippen molar-refractivity contribution in [3.63, 3.8) is 0 Å². The Labute approximate surface area is 197 Å². The number of nitrogens with two attached hydrogens (primary N) is 1. The molecule has 1 saturated heterocycles. The number of benzene rings is 2. The van der Waals surface area contributed by atoms with Crippen molar-refractivity contribution in [3.8, 4) is 5.75 Å². The molecule has 1 aliphatic heterocycles. The number of nitrogen functional groups attached to an aromatic ring is 1. The average molecular weight is 499 g/mol. The summed E-state index contributed by atoms with van der Waals surface area (Å²) in [5.74, 6) is -1.51. The van der Waals surface area contributed by atoms with Gasteiger partial charge in [0.2, 0.25) is 5.91 Å². The van der Waals surface area contributed by atoms with Crippen LogP contribution in [0.5, 0.6) is 5.75 Å². The summed E-state index contributed by atoms with van der Waals surface area (Å²) in [4.78, 5) is 26.5. The lowest BCUT2D eigenvalue weighted by molar-refractivity contribution is -0.154. The number of alkyl halides is 3. The molecule has 0 bridgehead atoms. The molecule has 5 N–H and O–H groups in total. The van der Waals surface area contributed by atoms with Crippen LogP contribution in [0.25, 0.3) is 0 Å². The number of hydrogen-bond donors (Lipinski definition) is 4. The van der Waals surface area contributed by atoms with Crippen molar-refractivity contribution in [1.29, 1.82) is 5.41 Å². The highest BCUT2D eigenvalue weighted by atomic mass is 35.5. The number of nitrogens with one attached hydrogen (secondary N) is 2. The summed E-state index contributed by atoms with van der Waals surface area (Å²) >= 11 is 5.90. The summed E-state index contributed by atoms with van der Waals surface area (Å²) < 4.78 is 41.9. The van der Waals surface area contributed by atoms with Crippen LogP contribution in [0.15, 0.2) is 42.5 Å². The van der Waals surface area contributed by atoms with E-state index in [2.05, 4.69) is 10.1 Å². The van der Waals surface area contributed by atoms with Gasteiger partial charge in [0.15, 0.2) is 12.7 Å². The van der Waals surface area contributed by atoms with Crippen molar-refractivity contribution in [1.82, 2.24) is 10.2 Å². The third kappa shape index (κ3) is 6.39. The lowest BCUT2D eigenvalue weighted by Gasteiger charge is -2.40. The van der Waals surface area contributed by atoms with Crippen LogP contribution >= 0.6 is 11.6 Å². The summed E-state index contributed by atoms with van der Waals surface area (Å²) in [6, 6.07) is 9.40. The third-order valence-electron chi connectivity index (χ3n) is 5.18. The minimum atomic E-state index is -4.56. The number of aliphatic hydroxyl groups excluding tert-OH is 1. The van der Waals surface area contributed by atoms with E-state index in [1.165, 1.54) is 11.0 Å². The smallest absolute Gasteiger partial charge is 0.422 e. The Morgan fingerprint density at radius 3 is 2.50 bits per heavy atom. The molecule has 0 saturated carbocycles. The molecule has 0 radical (unpaired) electrons. The number of rotatable bonds is 8. The molecule has 1 fully saturated rings. The van der Waals surface area contributed by atoms with E-state index >= 15 is 0 Å². The van der Waals surface area contributed by atoms with E-state index in [1.54, 1.807) is 24.3 Å². The standard InChI is InChI=1S/C22H22ClF3N4O4/c23-15-7-14(8-16(9-15)34-11-22(24,25)26)18(31)21(33)30-6-5-17(30)20(32)29-10-12-1-3-13(4-2-12)19(27)28/h1-4,7-9,17-18,31H,5-6,10-11H2,(H3,27,28)(H,29,32). The van der Waals surface area contributed by atoms with Crippen LogP contribution < -0.4 is 15.8 Å². The number of halogens is 4. The summed E-state index contributed by atoms with van der Waals surface area (Å²) in [7, 11) is 0. The number of aliphatic hydroxyl groups is 1. The van der Waals surface area contributed by atoms with Gasteiger partial charge < -0.3 is 25.8 Å². The van der Waals surface area contributed by atoms with Crippen molar-refractivity contribution in [2.75, 3.05) is 13.2 Å². The Morgan fingerprint density at radius 1 is 1.26 bits per heavy atom. The van der Waals surface area contributed by atoms with Gasteiger partial charge in [0.05, 0.1) is 0 Å². The largest absolute Gasteiger partial charge is 0.484 e. The average Bonchev–Trinajstić information content (AvgIpc) is 2.74. The summed E-state index contributed by atoms with van der Waals surface area (Å²) in [5, 5.41) is 20.6. The molecule has 0 spiro atoms. The van der Waals surface area contributed by atoms with Crippen LogP contribution in [-0.4, -0.2) is 53.0 Å². The second-order valence-electron chi connectivity index (χ2n) is 7.69. The fraction of sp³-hybridized carbons (Fsp3) is 0.318. The highest BCUT2D eigenvalue weighted by Crippen LogP contribution is 2.30. The van der Waals surface area contributed by atoms with Crippen LogP contribution in [-0.2, 0) is 16.1 Å². The lowest BCUT2D eigenvalue weighted by atomic mass is 9.98. The van der Waals surface area contributed by atoms with Gasteiger partial charge in [0, 0.05) is 23.7 Å². The Bertz CT molecular complexity index is 1080. The molecule has 2 aromatic carbocycles. The number of amidine groups is 1. The first-order valence-corrected chi connectivity index (χ1v) is 10.5. The molecule has 182 valence electrons. The van der Waals surface area contributed by atoms with Gasteiger partial charge in [-0.2, -0.15) is 13.2 Å². The van der Waals surface area contributed by atoms with E-state index < -0.39 is 36.7 Å². The summed E-state index contributed by atoms with van der Waals surface area (Å²) in [6.07, 6.45) is -5.91. The molecule has 1 aliphatic rings. The highest BCUT2D eigenvalue weighted by molar-refractivity contribution is 6.30. The summed E-state index contributed by atoms with van der Waals surface area (Å²) in [6.45, 7) is -1.13. The molecule has 2 aromatic rings. The van der Waals surface area contributed by atoms with Gasteiger partial charge in [-0.05, 0) is 35.7 Å². The van der Waals surface area contributed by atoms with Gasteiger partial charge in [-0.1, -0.05) is 35.9 Å². The Morgan fingerprint density at radius 2 is 1.94 bits per heavy atom.